The van der Waals surface area contributed by atoms with E-state index in [0.29, 0.717) is 33.8 Å². The molecular formula is C33H21F3IrN3. The minimum atomic E-state index is -3.09. The maximum atomic E-state index is 15.2. The third kappa shape index (κ3) is 4.86. The van der Waals surface area contributed by atoms with Gasteiger partial charge in [0.2, 0.25) is 0 Å². The van der Waals surface area contributed by atoms with Gasteiger partial charge in [0.15, 0.2) is 0 Å². The van der Waals surface area contributed by atoms with Crippen LogP contribution >= 0.6 is 0 Å². The van der Waals surface area contributed by atoms with E-state index in [1.165, 1.54) is 18.2 Å². The van der Waals surface area contributed by atoms with E-state index in [1.54, 1.807) is 73.2 Å². The van der Waals surface area contributed by atoms with Crippen molar-refractivity contribution in [3.8, 4) is 33.8 Å². The van der Waals surface area contributed by atoms with Crippen LogP contribution in [0.1, 0.15) is 0 Å². The Morgan fingerprint density at radius 1 is 0.375 bits per heavy atom. The Labute approximate surface area is 235 Å². The van der Waals surface area contributed by atoms with Crippen molar-refractivity contribution >= 4 is 12.2 Å². The number of aromatic nitrogens is 3. The number of benzene rings is 3. The molecule has 3 aromatic heterocycles. The Hall–Kier alpha value is -4.45. The number of hydrogen-bond acceptors (Lipinski definition) is 3. The molecule has 6 aromatic rings. The van der Waals surface area contributed by atoms with Gasteiger partial charge in [-0.1, -0.05) is 0 Å². The number of pyridine rings is 3. The van der Waals surface area contributed by atoms with Gasteiger partial charge in [-0.05, 0) is 0 Å². The van der Waals surface area contributed by atoms with Crippen molar-refractivity contribution in [2.45, 2.75) is 0 Å². The first-order valence-corrected chi connectivity index (χ1v) is 16.0. The number of nitrogens with zero attached hydrogens (tertiary/aromatic N) is 3. The minimum absolute atomic E-state index is 0.357. The topological polar surface area (TPSA) is 38.7 Å². The summed E-state index contributed by atoms with van der Waals surface area (Å²) in [5.74, 6) is -1.21. The molecule has 0 fully saturated rings. The predicted molar refractivity (Wildman–Crippen MR) is 148 cm³/mol. The fraction of sp³-hybridized carbons (Fsp3) is 0. The summed E-state index contributed by atoms with van der Waals surface area (Å²) in [6.07, 6.45) is 4.88. The van der Waals surface area contributed by atoms with Crippen LogP contribution < -0.4 is 12.2 Å². The molecule has 0 unspecified atom stereocenters. The molecule has 0 bridgehead atoms. The van der Waals surface area contributed by atoms with E-state index in [0.717, 1.165) is 12.2 Å². The molecule has 0 aliphatic carbocycles. The first kappa shape index (κ1) is 25.8. The zero-order valence-electron chi connectivity index (χ0n) is 20.9. The van der Waals surface area contributed by atoms with Crippen molar-refractivity contribution in [2.24, 2.45) is 0 Å². The maximum absolute atomic E-state index is 15.2. The molecule has 3 aromatic carbocycles. The molecule has 0 amide bonds. The van der Waals surface area contributed by atoms with Crippen LogP contribution in [-0.2, 0) is 16.5 Å². The van der Waals surface area contributed by atoms with Crippen molar-refractivity contribution in [3.63, 3.8) is 0 Å². The molecule has 0 spiro atoms. The summed E-state index contributed by atoms with van der Waals surface area (Å²) >= 11 is -3.09. The van der Waals surface area contributed by atoms with Gasteiger partial charge >= 0.3 is 236 Å². The van der Waals surface area contributed by atoms with Crippen LogP contribution in [0.15, 0.2) is 128 Å². The summed E-state index contributed by atoms with van der Waals surface area (Å²) in [6.45, 7) is 0. The van der Waals surface area contributed by atoms with Gasteiger partial charge in [0.25, 0.3) is 0 Å². The molecule has 3 heterocycles. The van der Waals surface area contributed by atoms with E-state index in [2.05, 4.69) is 15.0 Å². The third-order valence-corrected chi connectivity index (χ3v) is 12.9. The van der Waals surface area contributed by atoms with Gasteiger partial charge in [0, 0.05) is 0 Å². The second-order valence-corrected chi connectivity index (χ2v) is 14.3. The second-order valence-electron chi connectivity index (χ2n) is 8.62. The van der Waals surface area contributed by atoms with Gasteiger partial charge in [-0.2, -0.15) is 0 Å². The van der Waals surface area contributed by atoms with Gasteiger partial charge < -0.3 is 0 Å². The fourth-order valence-electron chi connectivity index (χ4n) is 4.37. The van der Waals surface area contributed by atoms with E-state index in [1.807, 2.05) is 36.4 Å². The van der Waals surface area contributed by atoms with Crippen molar-refractivity contribution in [1.82, 2.24) is 15.0 Å². The molecule has 0 atom stereocenters. The van der Waals surface area contributed by atoms with E-state index >= 15 is 13.2 Å². The van der Waals surface area contributed by atoms with Crippen molar-refractivity contribution < 1.29 is 29.7 Å². The molecule has 40 heavy (non-hydrogen) atoms. The molecule has 0 saturated heterocycles. The monoisotopic (exact) mass is 709 g/mol. The molecule has 0 radical (unpaired) electrons. The summed E-state index contributed by atoms with van der Waals surface area (Å²) in [5, 5.41) is 0. The fourth-order valence-corrected chi connectivity index (χ4v) is 11.5. The number of halogens is 3. The van der Waals surface area contributed by atoms with Gasteiger partial charge in [-0.3, -0.25) is 0 Å². The van der Waals surface area contributed by atoms with E-state index in [4.69, 9.17) is 0 Å². The normalized spacial score (nSPS) is 11.3. The second kappa shape index (κ2) is 11.3. The van der Waals surface area contributed by atoms with Crippen molar-refractivity contribution in [1.29, 1.82) is 0 Å². The Bertz CT molecular complexity index is 1610. The quantitative estimate of drug-likeness (QED) is 0.208. The van der Waals surface area contributed by atoms with Crippen LogP contribution in [0.25, 0.3) is 33.8 Å². The summed E-state index contributed by atoms with van der Waals surface area (Å²) in [6, 6.07) is 30.7. The third-order valence-electron chi connectivity index (χ3n) is 6.15. The Morgan fingerprint density at radius 3 is 0.975 bits per heavy atom. The Kier molecular flexibility index (Phi) is 7.32. The molecule has 0 aliphatic rings. The van der Waals surface area contributed by atoms with Crippen LogP contribution in [0.5, 0.6) is 0 Å². The van der Waals surface area contributed by atoms with E-state index < -0.39 is 33.9 Å². The van der Waals surface area contributed by atoms with Crippen molar-refractivity contribution in [2.75, 3.05) is 0 Å². The molecule has 6 rings (SSSR count). The molecule has 7 heteroatoms. The average molecular weight is 709 g/mol. The summed E-state index contributed by atoms with van der Waals surface area (Å²) in [5.41, 5.74) is 2.54. The first-order valence-electron chi connectivity index (χ1n) is 12.4. The van der Waals surface area contributed by atoms with Crippen LogP contribution in [0.4, 0.5) is 13.2 Å². The number of hydrogen-bond donors (Lipinski definition) is 0. The van der Waals surface area contributed by atoms with Crippen LogP contribution in [0.2, 0.25) is 0 Å². The van der Waals surface area contributed by atoms with E-state index in [-0.39, 0.29) is 0 Å². The van der Waals surface area contributed by atoms with Crippen LogP contribution in [0, 0.1) is 17.5 Å². The average Bonchev–Trinajstić information content (AvgIpc) is 2.99. The van der Waals surface area contributed by atoms with Gasteiger partial charge in [0.05, 0.1) is 0 Å². The summed E-state index contributed by atoms with van der Waals surface area (Å²) in [7, 11) is 0. The Morgan fingerprint density at radius 2 is 0.675 bits per heavy atom. The zero-order valence-corrected chi connectivity index (χ0v) is 23.3. The SMILES string of the molecule is Fc1ccccc1-c1nccc[c]1[Ir]([c]1cccnc1-c1ccccc1F)[c]1cccnc1-c1ccccc1F. The van der Waals surface area contributed by atoms with E-state index in [9.17, 15) is 0 Å². The zero-order chi connectivity index (χ0) is 27.5. The van der Waals surface area contributed by atoms with Gasteiger partial charge in [-0.15, -0.1) is 0 Å². The summed E-state index contributed by atoms with van der Waals surface area (Å²) < 4.78 is 47.9. The first-order chi connectivity index (χ1) is 19.6. The Balaban J connectivity index is 1.70. The molecule has 198 valence electrons. The van der Waals surface area contributed by atoms with Gasteiger partial charge in [0.1, 0.15) is 0 Å². The number of rotatable bonds is 6. The van der Waals surface area contributed by atoms with Crippen molar-refractivity contribution in [3.05, 3.63) is 145 Å². The molecular weight excluding hydrogens is 688 g/mol. The van der Waals surface area contributed by atoms with Crippen LogP contribution in [0.3, 0.4) is 0 Å². The molecule has 0 aliphatic heterocycles. The summed E-state index contributed by atoms with van der Waals surface area (Å²) in [4.78, 5) is 13.9. The molecule has 0 N–H and O–H groups in total. The molecule has 0 saturated carbocycles. The van der Waals surface area contributed by atoms with Gasteiger partial charge in [-0.25, -0.2) is 0 Å². The standard InChI is InChI=1S/3C11H7FN.Ir/c3*12-10-6-2-1-5-9(10)11-7-3-4-8-13-11;/h3*1-6,8H;. The molecule has 3 nitrogen and oxygen atoms in total. The predicted octanol–water partition coefficient (Wildman–Crippen LogP) is 6.18. The van der Waals surface area contributed by atoms with Crippen LogP contribution in [-0.4, -0.2) is 15.0 Å².